The van der Waals surface area contributed by atoms with Gasteiger partial charge in [0, 0.05) is 0 Å². The minimum Gasteiger partial charge on any atom is -0.459 e. The van der Waals surface area contributed by atoms with Crippen molar-refractivity contribution in [1.82, 2.24) is 0 Å². The highest BCUT2D eigenvalue weighted by Crippen LogP contribution is 2.10. The molecule has 0 bridgehead atoms. The van der Waals surface area contributed by atoms with E-state index < -0.39 is 12.1 Å². The molecule has 0 aliphatic heterocycles. The number of benzene rings is 1. The van der Waals surface area contributed by atoms with Crippen molar-refractivity contribution in [3.8, 4) is 0 Å². The van der Waals surface area contributed by atoms with Crippen LogP contribution < -0.4 is 0 Å². The van der Waals surface area contributed by atoms with Crippen LogP contribution >= 0.6 is 0 Å². The minimum absolute atomic E-state index is 0.0664. The third-order valence-electron chi connectivity index (χ3n) is 2.65. The molecule has 0 amide bonds. The molecule has 3 nitrogen and oxygen atoms in total. The topological polar surface area (TPSA) is 46.5 Å². The first-order valence-corrected chi connectivity index (χ1v) is 5.53. The standard InChI is InChI=1S/C13H18O3/c1-3-10(2)12(14)13(15)16-9-11-7-5-4-6-8-11/h4-8,10,12,14H,3,9H2,1-2H3/t10-,12-/m1/s1. The van der Waals surface area contributed by atoms with Crippen molar-refractivity contribution < 1.29 is 14.6 Å². The van der Waals surface area contributed by atoms with Crippen molar-refractivity contribution in [2.45, 2.75) is 33.0 Å². The molecule has 1 aromatic rings. The first-order chi connectivity index (χ1) is 7.65. The SMILES string of the molecule is CC[C@@H](C)[C@@H](O)C(=O)OCc1ccccc1. The summed E-state index contributed by atoms with van der Waals surface area (Å²) in [5, 5.41) is 9.59. The summed E-state index contributed by atoms with van der Waals surface area (Å²) in [5.41, 5.74) is 0.923. The summed E-state index contributed by atoms with van der Waals surface area (Å²) < 4.78 is 5.02. The lowest BCUT2D eigenvalue weighted by atomic mass is 10.0. The normalized spacial score (nSPS) is 14.2. The van der Waals surface area contributed by atoms with Crippen LogP contribution in [0.4, 0.5) is 0 Å². The lowest BCUT2D eigenvalue weighted by Gasteiger charge is -2.15. The average Bonchev–Trinajstić information content (AvgIpc) is 2.35. The maximum Gasteiger partial charge on any atom is 0.335 e. The van der Waals surface area contributed by atoms with E-state index in [2.05, 4.69) is 0 Å². The molecule has 16 heavy (non-hydrogen) atoms. The molecule has 0 heterocycles. The zero-order valence-electron chi connectivity index (χ0n) is 9.72. The molecule has 3 heteroatoms. The van der Waals surface area contributed by atoms with Crippen LogP contribution in [0.1, 0.15) is 25.8 Å². The number of aliphatic hydroxyl groups is 1. The monoisotopic (exact) mass is 222 g/mol. The zero-order valence-corrected chi connectivity index (χ0v) is 9.72. The number of carbonyl (C=O) groups excluding carboxylic acids is 1. The molecule has 0 saturated heterocycles. The highest BCUT2D eigenvalue weighted by atomic mass is 16.5. The number of carbonyl (C=O) groups is 1. The van der Waals surface area contributed by atoms with Crippen molar-refractivity contribution in [2.75, 3.05) is 0 Å². The highest BCUT2D eigenvalue weighted by Gasteiger charge is 2.22. The molecule has 0 radical (unpaired) electrons. The molecule has 0 fully saturated rings. The van der Waals surface area contributed by atoms with Gasteiger partial charge in [-0.05, 0) is 11.5 Å². The second-order valence-corrected chi connectivity index (χ2v) is 3.92. The smallest absolute Gasteiger partial charge is 0.335 e. The van der Waals surface area contributed by atoms with Gasteiger partial charge in [-0.3, -0.25) is 0 Å². The third-order valence-corrected chi connectivity index (χ3v) is 2.65. The molecule has 2 atom stereocenters. The Morgan fingerprint density at radius 1 is 1.38 bits per heavy atom. The van der Waals surface area contributed by atoms with Crippen molar-refractivity contribution in [2.24, 2.45) is 5.92 Å². The molecule has 1 aromatic carbocycles. The maximum atomic E-state index is 11.4. The second kappa shape index (κ2) is 6.28. The molecular formula is C13H18O3. The molecule has 0 spiro atoms. The summed E-state index contributed by atoms with van der Waals surface area (Å²) in [6, 6.07) is 9.42. The lowest BCUT2D eigenvalue weighted by molar-refractivity contribution is -0.157. The van der Waals surface area contributed by atoms with Gasteiger partial charge in [0.15, 0.2) is 6.10 Å². The van der Waals surface area contributed by atoms with E-state index in [-0.39, 0.29) is 12.5 Å². The van der Waals surface area contributed by atoms with Crippen molar-refractivity contribution in [1.29, 1.82) is 0 Å². The third kappa shape index (κ3) is 3.66. The molecule has 0 aliphatic carbocycles. The van der Waals surface area contributed by atoms with Crippen LogP contribution in [0.5, 0.6) is 0 Å². The molecule has 1 rings (SSSR count). The van der Waals surface area contributed by atoms with Gasteiger partial charge < -0.3 is 9.84 Å². The zero-order chi connectivity index (χ0) is 12.0. The van der Waals surface area contributed by atoms with Gasteiger partial charge in [0.05, 0.1) is 0 Å². The minimum atomic E-state index is -1.02. The van der Waals surface area contributed by atoms with Crippen LogP contribution in [0.25, 0.3) is 0 Å². The molecular weight excluding hydrogens is 204 g/mol. The average molecular weight is 222 g/mol. The predicted octanol–water partition coefficient (Wildman–Crippen LogP) is 2.14. The van der Waals surface area contributed by atoms with E-state index in [9.17, 15) is 9.90 Å². The summed E-state index contributed by atoms with van der Waals surface area (Å²) in [6.45, 7) is 3.97. The Kier molecular flexibility index (Phi) is 4.99. The van der Waals surface area contributed by atoms with Crippen molar-refractivity contribution in [3.05, 3.63) is 35.9 Å². The van der Waals surface area contributed by atoms with Crippen molar-refractivity contribution >= 4 is 5.97 Å². The van der Waals surface area contributed by atoms with Crippen LogP contribution in [0.15, 0.2) is 30.3 Å². The first-order valence-electron chi connectivity index (χ1n) is 5.53. The van der Waals surface area contributed by atoms with Crippen LogP contribution in [0.2, 0.25) is 0 Å². The fraction of sp³-hybridized carbons (Fsp3) is 0.462. The lowest BCUT2D eigenvalue weighted by Crippen LogP contribution is -2.29. The number of rotatable bonds is 5. The highest BCUT2D eigenvalue weighted by molar-refractivity contribution is 5.74. The van der Waals surface area contributed by atoms with E-state index in [0.717, 1.165) is 12.0 Å². The second-order valence-electron chi connectivity index (χ2n) is 3.92. The fourth-order valence-corrected chi connectivity index (χ4v) is 1.27. The molecule has 0 aliphatic rings. The Bertz CT molecular complexity index is 321. The Labute approximate surface area is 96.1 Å². The first kappa shape index (κ1) is 12.7. The number of ether oxygens (including phenoxy) is 1. The number of hydrogen-bond donors (Lipinski definition) is 1. The summed E-state index contributed by atoms with van der Waals surface area (Å²) in [6.07, 6.45) is -0.268. The van der Waals surface area contributed by atoms with Gasteiger partial charge in [-0.2, -0.15) is 0 Å². The maximum absolute atomic E-state index is 11.4. The quantitative estimate of drug-likeness (QED) is 0.776. The van der Waals surface area contributed by atoms with Crippen molar-refractivity contribution in [3.63, 3.8) is 0 Å². The van der Waals surface area contributed by atoms with Gasteiger partial charge in [0.1, 0.15) is 6.61 Å². The van der Waals surface area contributed by atoms with Gasteiger partial charge in [-0.15, -0.1) is 0 Å². The van der Waals surface area contributed by atoms with E-state index >= 15 is 0 Å². The number of aliphatic hydroxyl groups excluding tert-OH is 1. The Morgan fingerprint density at radius 3 is 2.56 bits per heavy atom. The summed E-state index contributed by atoms with van der Waals surface area (Å²) >= 11 is 0. The molecule has 0 unspecified atom stereocenters. The number of esters is 1. The molecule has 0 aromatic heterocycles. The van der Waals surface area contributed by atoms with Gasteiger partial charge in [-0.25, -0.2) is 4.79 Å². The van der Waals surface area contributed by atoms with Gasteiger partial charge in [0.2, 0.25) is 0 Å². The van der Waals surface area contributed by atoms with Crippen LogP contribution in [-0.4, -0.2) is 17.2 Å². The van der Waals surface area contributed by atoms with Crippen LogP contribution in [0.3, 0.4) is 0 Å². The van der Waals surface area contributed by atoms with E-state index in [0.29, 0.717) is 0 Å². The molecule has 0 saturated carbocycles. The van der Waals surface area contributed by atoms with Crippen LogP contribution in [-0.2, 0) is 16.1 Å². The Balaban J connectivity index is 2.41. The van der Waals surface area contributed by atoms with Gasteiger partial charge >= 0.3 is 5.97 Å². The Morgan fingerprint density at radius 2 is 2.00 bits per heavy atom. The fourth-order valence-electron chi connectivity index (χ4n) is 1.27. The largest absolute Gasteiger partial charge is 0.459 e. The molecule has 88 valence electrons. The number of hydrogen-bond acceptors (Lipinski definition) is 3. The molecule has 1 N–H and O–H groups in total. The van der Waals surface area contributed by atoms with E-state index in [1.165, 1.54) is 0 Å². The Hall–Kier alpha value is -1.35. The van der Waals surface area contributed by atoms with Gasteiger partial charge in [-0.1, -0.05) is 50.6 Å². The van der Waals surface area contributed by atoms with Gasteiger partial charge in [0.25, 0.3) is 0 Å². The predicted molar refractivity (Wildman–Crippen MR) is 61.7 cm³/mol. The van der Waals surface area contributed by atoms with Crippen LogP contribution in [0, 0.1) is 5.92 Å². The summed E-state index contributed by atoms with van der Waals surface area (Å²) in [5.74, 6) is -0.610. The van der Waals surface area contributed by atoms with E-state index in [1.54, 1.807) is 0 Å². The van der Waals surface area contributed by atoms with E-state index in [1.807, 2.05) is 44.2 Å². The summed E-state index contributed by atoms with van der Waals surface area (Å²) in [7, 11) is 0. The van der Waals surface area contributed by atoms with E-state index in [4.69, 9.17) is 4.74 Å². The summed E-state index contributed by atoms with van der Waals surface area (Å²) in [4.78, 5) is 11.4.